The lowest BCUT2D eigenvalue weighted by Crippen LogP contribution is -2.54. The summed E-state index contributed by atoms with van der Waals surface area (Å²) in [5.74, 6) is -3.08. The van der Waals surface area contributed by atoms with E-state index in [9.17, 15) is 28.6 Å². The predicted octanol–water partition coefficient (Wildman–Crippen LogP) is 6.14. The van der Waals surface area contributed by atoms with E-state index in [2.05, 4.69) is 15.6 Å². The highest BCUT2D eigenvalue weighted by molar-refractivity contribution is 6.11. The minimum Gasteiger partial charge on any atom is -0.461 e. The van der Waals surface area contributed by atoms with Crippen LogP contribution < -0.4 is 10.6 Å². The second-order valence-electron chi connectivity index (χ2n) is 11.0. The number of benzene rings is 2. The largest absolute Gasteiger partial charge is 0.461 e. The molecule has 2 amide bonds. The van der Waals surface area contributed by atoms with Crippen molar-refractivity contribution >= 4 is 40.9 Å². The van der Waals surface area contributed by atoms with Gasteiger partial charge in [0.2, 0.25) is 5.91 Å². The Balaban J connectivity index is 1.82. The smallest absolute Gasteiger partial charge is 0.410 e. The van der Waals surface area contributed by atoms with Gasteiger partial charge in [-0.1, -0.05) is 12.1 Å². The number of carbonyl (C=O) groups excluding carboxylic acids is 3. The van der Waals surface area contributed by atoms with E-state index in [1.165, 1.54) is 17.9 Å². The van der Waals surface area contributed by atoms with Crippen LogP contribution in [-0.4, -0.2) is 58.9 Å². The standard InChI is InChI=1S/C31H33F2N5O5/c1-6-42-29(40)25-14-24(18-7-9-22(10-8-18)35-17(2)39)26(28(37-25)36-23-12-20(32)11-21(33)13-23)27(34)19-15-38(16-19)30(41)43-31(3,4)5/h7-14,19,34H,6,15-16H2,1-5H3,(H,35,39)(H,36,37). The molecule has 0 saturated carbocycles. The average molecular weight is 594 g/mol. The number of amides is 2. The summed E-state index contributed by atoms with van der Waals surface area (Å²) < 4.78 is 38.8. The Labute approximate surface area is 247 Å². The maximum atomic E-state index is 14.1. The zero-order valence-electron chi connectivity index (χ0n) is 24.5. The highest BCUT2D eigenvalue weighted by Gasteiger charge is 2.38. The van der Waals surface area contributed by atoms with Crippen LogP contribution in [0.1, 0.15) is 50.7 Å². The molecular formula is C31H33F2N5O5. The Morgan fingerprint density at radius 2 is 1.65 bits per heavy atom. The lowest BCUT2D eigenvalue weighted by atomic mass is 9.86. The minimum absolute atomic E-state index is 0.00258. The zero-order valence-corrected chi connectivity index (χ0v) is 24.5. The molecule has 226 valence electrons. The maximum Gasteiger partial charge on any atom is 0.410 e. The first-order chi connectivity index (χ1) is 20.2. The van der Waals surface area contributed by atoms with Gasteiger partial charge < -0.3 is 30.4 Å². The first-order valence-corrected chi connectivity index (χ1v) is 13.6. The Hall–Kier alpha value is -4.87. The quantitative estimate of drug-likeness (QED) is 0.211. The molecule has 0 radical (unpaired) electrons. The highest BCUT2D eigenvalue weighted by Crippen LogP contribution is 2.36. The lowest BCUT2D eigenvalue weighted by Gasteiger charge is -2.40. The van der Waals surface area contributed by atoms with Crippen LogP contribution in [0.5, 0.6) is 0 Å². The molecule has 0 aliphatic carbocycles. The number of nitrogens with zero attached hydrogens (tertiary/aromatic N) is 2. The molecule has 0 atom stereocenters. The molecule has 12 heteroatoms. The number of nitrogens with one attached hydrogen (secondary N) is 3. The first kappa shape index (κ1) is 31.1. The number of aromatic nitrogens is 1. The van der Waals surface area contributed by atoms with Crippen molar-refractivity contribution in [2.75, 3.05) is 30.3 Å². The van der Waals surface area contributed by atoms with Crippen molar-refractivity contribution in [3.8, 4) is 11.1 Å². The van der Waals surface area contributed by atoms with Crippen molar-refractivity contribution in [1.29, 1.82) is 5.41 Å². The fourth-order valence-corrected chi connectivity index (χ4v) is 4.49. The van der Waals surface area contributed by atoms with E-state index >= 15 is 0 Å². The molecule has 0 spiro atoms. The molecule has 2 heterocycles. The number of esters is 1. The van der Waals surface area contributed by atoms with Crippen LogP contribution in [0.4, 0.5) is 30.8 Å². The molecule has 2 aromatic carbocycles. The number of pyridine rings is 1. The number of anilines is 3. The Morgan fingerprint density at radius 1 is 1.02 bits per heavy atom. The van der Waals surface area contributed by atoms with Gasteiger partial charge in [0.1, 0.15) is 23.1 Å². The summed E-state index contributed by atoms with van der Waals surface area (Å²) in [5.41, 5.74) is 1.09. The van der Waals surface area contributed by atoms with E-state index in [1.54, 1.807) is 52.0 Å². The maximum absolute atomic E-state index is 14.1. The molecule has 1 fully saturated rings. The molecule has 3 N–H and O–H groups in total. The summed E-state index contributed by atoms with van der Waals surface area (Å²) in [6.07, 6.45) is -0.505. The van der Waals surface area contributed by atoms with Crippen molar-refractivity contribution in [3.05, 3.63) is 71.4 Å². The van der Waals surface area contributed by atoms with Crippen molar-refractivity contribution < 1.29 is 32.6 Å². The zero-order chi connectivity index (χ0) is 31.5. The number of hydrogen-bond donors (Lipinski definition) is 3. The second-order valence-corrected chi connectivity index (χ2v) is 11.0. The molecule has 10 nitrogen and oxygen atoms in total. The summed E-state index contributed by atoms with van der Waals surface area (Å²) >= 11 is 0. The van der Waals surface area contributed by atoms with Crippen molar-refractivity contribution in [2.45, 2.75) is 40.2 Å². The molecular weight excluding hydrogens is 560 g/mol. The van der Waals surface area contributed by atoms with Crippen LogP contribution in [0.15, 0.2) is 48.5 Å². The lowest BCUT2D eigenvalue weighted by molar-refractivity contribution is -0.114. The van der Waals surface area contributed by atoms with Crippen LogP contribution in [-0.2, 0) is 14.3 Å². The van der Waals surface area contributed by atoms with Crippen molar-refractivity contribution in [1.82, 2.24) is 9.88 Å². The number of likely N-dealkylation sites (tertiary alicyclic amines) is 1. The van der Waals surface area contributed by atoms with Crippen LogP contribution in [0.25, 0.3) is 11.1 Å². The number of ether oxygens (including phenoxy) is 2. The van der Waals surface area contributed by atoms with Gasteiger partial charge in [0, 0.05) is 54.6 Å². The predicted molar refractivity (Wildman–Crippen MR) is 158 cm³/mol. The van der Waals surface area contributed by atoms with Crippen LogP contribution in [0, 0.1) is 23.0 Å². The fourth-order valence-electron chi connectivity index (χ4n) is 4.49. The summed E-state index contributed by atoms with van der Waals surface area (Å²) in [7, 11) is 0. The Bertz CT molecular complexity index is 1540. The van der Waals surface area contributed by atoms with Crippen LogP contribution >= 0.6 is 0 Å². The van der Waals surface area contributed by atoms with E-state index in [0.717, 1.165) is 18.2 Å². The first-order valence-electron chi connectivity index (χ1n) is 13.6. The van der Waals surface area contributed by atoms with Crippen molar-refractivity contribution in [2.24, 2.45) is 5.92 Å². The average Bonchev–Trinajstić information content (AvgIpc) is 2.86. The minimum atomic E-state index is -0.832. The van der Waals surface area contributed by atoms with Gasteiger partial charge in [-0.15, -0.1) is 0 Å². The van der Waals surface area contributed by atoms with Gasteiger partial charge in [-0.3, -0.25) is 4.79 Å². The molecule has 1 aliphatic heterocycles. The van der Waals surface area contributed by atoms with Gasteiger partial charge in [0.05, 0.1) is 6.61 Å². The van der Waals surface area contributed by atoms with E-state index in [1.807, 2.05) is 0 Å². The number of hydrogen-bond acceptors (Lipinski definition) is 8. The number of carbonyl (C=O) groups is 3. The summed E-state index contributed by atoms with van der Waals surface area (Å²) in [5, 5.41) is 14.8. The molecule has 1 aromatic heterocycles. The normalized spacial score (nSPS) is 13.1. The Kier molecular flexibility index (Phi) is 9.07. The van der Waals surface area contributed by atoms with E-state index in [0.29, 0.717) is 16.8 Å². The van der Waals surface area contributed by atoms with Gasteiger partial charge in [-0.2, -0.15) is 0 Å². The monoisotopic (exact) mass is 593 g/mol. The van der Waals surface area contributed by atoms with Crippen LogP contribution in [0.2, 0.25) is 0 Å². The highest BCUT2D eigenvalue weighted by atomic mass is 19.1. The van der Waals surface area contributed by atoms with Crippen molar-refractivity contribution in [3.63, 3.8) is 0 Å². The van der Waals surface area contributed by atoms with E-state index in [-0.39, 0.29) is 54.1 Å². The molecule has 1 aliphatic rings. The van der Waals surface area contributed by atoms with E-state index in [4.69, 9.17) is 9.47 Å². The summed E-state index contributed by atoms with van der Waals surface area (Å²) in [4.78, 5) is 42.8. The number of rotatable bonds is 8. The molecule has 4 rings (SSSR count). The van der Waals surface area contributed by atoms with Gasteiger partial charge in [0.15, 0.2) is 5.69 Å². The summed E-state index contributed by atoms with van der Waals surface area (Å²) in [6, 6.07) is 11.1. The van der Waals surface area contributed by atoms with Gasteiger partial charge >= 0.3 is 12.1 Å². The van der Waals surface area contributed by atoms with E-state index < -0.39 is 35.2 Å². The third-order valence-electron chi connectivity index (χ3n) is 6.36. The SMILES string of the molecule is CCOC(=O)c1cc(-c2ccc(NC(C)=O)cc2)c(C(=N)C2CN(C(=O)OC(C)(C)C)C2)c(Nc2cc(F)cc(F)c2)n1. The van der Waals surface area contributed by atoms with Crippen LogP contribution in [0.3, 0.4) is 0 Å². The topological polar surface area (TPSA) is 134 Å². The molecule has 1 saturated heterocycles. The third kappa shape index (κ3) is 7.70. The third-order valence-corrected chi connectivity index (χ3v) is 6.36. The Morgan fingerprint density at radius 3 is 2.21 bits per heavy atom. The molecule has 3 aromatic rings. The van der Waals surface area contributed by atoms with Gasteiger partial charge in [-0.05, 0) is 69.2 Å². The molecule has 43 heavy (non-hydrogen) atoms. The van der Waals surface area contributed by atoms with Gasteiger partial charge in [-0.25, -0.2) is 23.4 Å². The summed E-state index contributed by atoms with van der Waals surface area (Å²) in [6.45, 7) is 8.79. The fraction of sp³-hybridized carbons (Fsp3) is 0.323. The second kappa shape index (κ2) is 12.6. The molecule has 0 bridgehead atoms. The molecule has 0 unspecified atom stereocenters. The van der Waals surface area contributed by atoms with Gasteiger partial charge in [0.25, 0.3) is 0 Å². The number of halogens is 2.